The fraction of sp³-hybridized carbons (Fsp3) is 0.857. The second kappa shape index (κ2) is 4.56. The van der Waals surface area contributed by atoms with E-state index in [2.05, 4.69) is 4.74 Å². The second-order valence-corrected chi connectivity index (χ2v) is 3.01. The van der Waals surface area contributed by atoms with E-state index < -0.39 is 37.1 Å². The van der Waals surface area contributed by atoms with Crippen LogP contribution in [0.1, 0.15) is 0 Å². The summed E-state index contributed by atoms with van der Waals surface area (Å²) in [5, 5.41) is 27.5. The van der Waals surface area contributed by atoms with Crippen molar-refractivity contribution in [3.05, 3.63) is 0 Å². The highest BCUT2D eigenvalue weighted by atomic mass is 16.6. The maximum absolute atomic E-state index is 10.4. The quantitative estimate of drug-likeness (QED) is 0.399. The van der Waals surface area contributed by atoms with Crippen molar-refractivity contribution < 1.29 is 29.6 Å². The third-order valence-electron chi connectivity index (χ3n) is 2.01. The standard InChI is InChI=1S/C7H13NO6/c8-7(12)14-6-3(10)2-13-4(1-9)5(6)11/h3-6,9-11H,1-2H2,(H2,8,12). The number of rotatable bonds is 2. The van der Waals surface area contributed by atoms with Crippen molar-refractivity contribution in [2.45, 2.75) is 24.4 Å². The largest absolute Gasteiger partial charge is 0.441 e. The SMILES string of the molecule is NC(=O)OC1C(O)COC(CO)C1O. The number of ether oxygens (including phenoxy) is 2. The summed E-state index contributed by atoms with van der Waals surface area (Å²) >= 11 is 0. The van der Waals surface area contributed by atoms with Gasteiger partial charge in [0.1, 0.15) is 18.3 Å². The summed E-state index contributed by atoms with van der Waals surface area (Å²) in [4.78, 5) is 10.4. The van der Waals surface area contributed by atoms with Crippen LogP contribution < -0.4 is 5.73 Å². The zero-order chi connectivity index (χ0) is 10.7. The average molecular weight is 207 g/mol. The number of aliphatic hydroxyl groups is 3. The first-order chi connectivity index (χ1) is 6.56. The predicted octanol–water partition coefficient (Wildman–Crippen LogP) is -2.44. The molecule has 0 aromatic heterocycles. The Bertz CT molecular complexity index is 210. The van der Waals surface area contributed by atoms with E-state index in [1.807, 2.05) is 0 Å². The minimum absolute atomic E-state index is 0.125. The summed E-state index contributed by atoms with van der Waals surface area (Å²) in [5.74, 6) is 0. The van der Waals surface area contributed by atoms with Crippen LogP contribution >= 0.6 is 0 Å². The first-order valence-corrected chi connectivity index (χ1v) is 4.11. The molecule has 0 aromatic rings. The Kier molecular flexibility index (Phi) is 3.64. The molecule has 0 bridgehead atoms. The molecule has 5 N–H and O–H groups in total. The molecule has 82 valence electrons. The molecule has 0 saturated carbocycles. The van der Waals surface area contributed by atoms with Gasteiger partial charge in [-0.2, -0.15) is 0 Å². The van der Waals surface area contributed by atoms with Crippen molar-refractivity contribution in [3.8, 4) is 0 Å². The normalized spacial score (nSPS) is 37.9. The lowest BCUT2D eigenvalue weighted by Gasteiger charge is -2.36. The Balaban J connectivity index is 2.63. The van der Waals surface area contributed by atoms with Gasteiger partial charge >= 0.3 is 6.09 Å². The molecule has 7 heteroatoms. The Morgan fingerprint density at radius 2 is 2.21 bits per heavy atom. The van der Waals surface area contributed by atoms with Crippen LogP contribution in [0.5, 0.6) is 0 Å². The Morgan fingerprint density at radius 3 is 2.71 bits per heavy atom. The highest BCUT2D eigenvalue weighted by molar-refractivity contribution is 5.64. The van der Waals surface area contributed by atoms with Gasteiger partial charge in [-0.1, -0.05) is 0 Å². The summed E-state index contributed by atoms with van der Waals surface area (Å²) in [6.45, 7) is -0.549. The molecule has 1 aliphatic heterocycles. The third-order valence-corrected chi connectivity index (χ3v) is 2.01. The Labute approximate surface area is 80.0 Å². The van der Waals surface area contributed by atoms with Gasteiger partial charge in [-0.15, -0.1) is 0 Å². The molecule has 1 saturated heterocycles. The van der Waals surface area contributed by atoms with Gasteiger partial charge in [-0.05, 0) is 0 Å². The molecule has 0 aliphatic carbocycles. The average Bonchev–Trinajstić information content (AvgIpc) is 2.12. The lowest BCUT2D eigenvalue weighted by atomic mass is 10.0. The third kappa shape index (κ3) is 2.32. The molecule has 1 heterocycles. The molecular weight excluding hydrogens is 194 g/mol. The fourth-order valence-corrected chi connectivity index (χ4v) is 1.30. The Hall–Kier alpha value is -0.890. The fourth-order valence-electron chi connectivity index (χ4n) is 1.30. The number of hydrogen-bond donors (Lipinski definition) is 4. The van der Waals surface area contributed by atoms with Gasteiger partial charge in [-0.25, -0.2) is 4.79 Å². The molecule has 0 radical (unpaired) electrons. The smallest absolute Gasteiger partial charge is 0.404 e. The van der Waals surface area contributed by atoms with Crippen molar-refractivity contribution in [2.75, 3.05) is 13.2 Å². The van der Waals surface area contributed by atoms with Crippen molar-refractivity contribution in [1.82, 2.24) is 0 Å². The van der Waals surface area contributed by atoms with E-state index in [0.29, 0.717) is 0 Å². The van der Waals surface area contributed by atoms with Gasteiger partial charge in [0.25, 0.3) is 0 Å². The number of primary amides is 1. The minimum Gasteiger partial charge on any atom is -0.441 e. The molecule has 1 aliphatic rings. The van der Waals surface area contributed by atoms with Gasteiger partial charge < -0.3 is 30.5 Å². The van der Waals surface area contributed by atoms with Crippen LogP contribution in [0.2, 0.25) is 0 Å². The van der Waals surface area contributed by atoms with Gasteiger partial charge in [-0.3, -0.25) is 0 Å². The van der Waals surface area contributed by atoms with E-state index in [1.54, 1.807) is 0 Å². The van der Waals surface area contributed by atoms with E-state index in [9.17, 15) is 15.0 Å². The zero-order valence-electron chi connectivity index (χ0n) is 7.37. The molecule has 4 unspecified atom stereocenters. The number of nitrogens with two attached hydrogens (primary N) is 1. The van der Waals surface area contributed by atoms with Crippen LogP contribution in [0.4, 0.5) is 4.79 Å². The monoisotopic (exact) mass is 207 g/mol. The van der Waals surface area contributed by atoms with Crippen LogP contribution in [-0.4, -0.2) is 59.0 Å². The molecule has 0 aromatic carbocycles. The topological polar surface area (TPSA) is 122 Å². The number of carbonyl (C=O) groups is 1. The number of carbonyl (C=O) groups excluding carboxylic acids is 1. The van der Waals surface area contributed by atoms with Crippen LogP contribution in [0, 0.1) is 0 Å². The van der Waals surface area contributed by atoms with Crippen molar-refractivity contribution in [1.29, 1.82) is 0 Å². The van der Waals surface area contributed by atoms with Gasteiger partial charge in [0, 0.05) is 0 Å². The maximum atomic E-state index is 10.4. The highest BCUT2D eigenvalue weighted by Crippen LogP contribution is 2.18. The molecule has 14 heavy (non-hydrogen) atoms. The van der Waals surface area contributed by atoms with Crippen LogP contribution in [0.25, 0.3) is 0 Å². The van der Waals surface area contributed by atoms with E-state index in [0.717, 1.165) is 0 Å². The van der Waals surface area contributed by atoms with E-state index >= 15 is 0 Å². The van der Waals surface area contributed by atoms with Gasteiger partial charge in [0.15, 0.2) is 6.10 Å². The first kappa shape index (κ1) is 11.2. The number of hydrogen-bond acceptors (Lipinski definition) is 6. The van der Waals surface area contributed by atoms with Crippen molar-refractivity contribution in [3.63, 3.8) is 0 Å². The molecular formula is C7H13NO6. The van der Waals surface area contributed by atoms with Gasteiger partial charge in [0.2, 0.25) is 0 Å². The summed E-state index contributed by atoms with van der Waals surface area (Å²) in [7, 11) is 0. The molecule has 4 atom stereocenters. The second-order valence-electron chi connectivity index (χ2n) is 3.01. The zero-order valence-corrected chi connectivity index (χ0v) is 7.37. The number of aliphatic hydroxyl groups excluding tert-OH is 3. The van der Waals surface area contributed by atoms with E-state index in [1.165, 1.54) is 0 Å². The molecule has 7 nitrogen and oxygen atoms in total. The molecule has 1 amide bonds. The summed E-state index contributed by atoms with van der Waals surface area (Å²) < 4.78 is 9.38. The Morgan fingerprint density at radius 1 is 1.57 bits per heavy atom. The van der Waals surface area contributed by atoms with Crippen LogP contribution in [-0.2, 0) is 9.47 Å². The summed E-state index contributed by atoms with van der Waals surface area (Å²) in [6, 6.07) is 0. The predicted molar refractivity (Wildman–Crippen MR) is 43.3 cm³/mol. The molecule has 0 spiro atoms. The van der Waals surface area contributed by atoms with Crippen LogP contribution in [0.3, 0.4) is 0 Å². The summed E-state index contributed by atoms with van der Waals surface area (Å²) in [5.41, 5.74) is 4.75. The lowest BCUT2D eigenvalue weighted by Crippen LogP contribution is -2.56. The lowest BCUT2D eigenvalue weighted by molar-refractivity contribution is -0.194. The van der Waals surface area contributed by atoms with Gasteiger partial charge in [0.05, 0.1) is 13.2 Å². The van der Waals surface area contributed by atoms with E-state index in [-0.39, 0.29) is 6.61 Å². The summed E-state index contributed by atoms with van der Waals surface area (Å²) in [6.07, 6.45) is -5.54. The van der Waals surface area contributed by atoms with Crippen LogP contribution in [0.15, 0.2) is 0 Å². The van der Waals surface area contributed by atoms with Crippen molar-refractivity contribution in [2.24, 2.45) is 5.73 Å². The number of amides is 1. The maximum Gasteiger partial charge on any atom is 0.404 e. The molecule has 1 rings (SSSR count). The van der Waals surface area contributed by atoms with Crippen molar-refractivity contribution >= 4 is 6.09 Å². The highest BCUT2D eigenvalue weighted by Gasteiger charge is 2.40. The minimum atomic E-state index is -1.28. The molecule has 1 fully saturated rings. The van der Waals surface area contributed by atoms with E-state index in [4.69, 9.17) is 15.6 Å². The first-order valence-electron chi connectivity index (χ1n) is 4.11.